The third kappa shape index (κ3) is 5.44. The number of benzene rings is 2. The summed E-state index contributed by atoms with van der Waals surface area (Å²) in [6.07, 6.45) is -2.58. The summed E-state index contributed by atoms with van der Waals surface area (Å²) in [5.41, 5.74) is 1.76. The van der Waals surface area contributed by atoms with E-state index in [1.807, 2.05) is 6.92 Å². The molecule has 0 amide bonds. The van der Waals surface area contributed by atoms with E-state index in [-0.39, 0.29) is 34.9 Å². The quantitative estimate of drug-likeness (QED) is 0.585. The van der Waals surface area contributed by atoms with Crippen molar-refractivity contribution in [3.63, 3.8) is 0 Å². The normalized spacial score (nSPS) is 19.5. The number of fused-ring (bicyclic) bond motifs is 1. The van der Waals surface area contributed by atoms with Gasteiger partial charge in [0.25, 0.3) is 10.0 Å². The van der Waals surface area contributed by atoms with E-state index in [4.69, 9.17) is 9.47 Å². The molecule has 10 heteroatoms. The van der Waals surface area contributed by atoms with Gasteiger partial charge in [-0.25, -0.2) is 8.42 Å². The zero-order chi connectivity index (χ0) is 25.2. The van der Waals surface area contributed by atoms with Crippen LogP contribution in [-0.2, 0) is 34.2 Å². The summed E-state index contributed by atoms with van der Waals surface area (Å²) in [5, 5.41) is 9.86. The molecule has 0 aliphatic carbocycles. The van der Waals surface area contributed by atoms with Crippen LogP contribution in [0, 0.1) is 5.92 Å². The highest BCUT2D eigenvalue weighted by Gasteiger charge is 2.50. The van der Waals surface area contributed by atoms with Gasteiger partial charge in [-0.3, -0.25) is 4.31 Å². The summed E-state index contributed by atoms with van der Waals surface area (Å²) in [5.74, 6) is 0.598. The standard InChI is InChI=1S/C25H30F3NO5S/c1-2-17-3-6-22-19(13-17)4-8-24(25(26,27)28)29(22)35(31,32)21-5-7-23(20(14-21)15-30)34-16-18-9-11-33-12-10-18/h3,5-7,13-14,18,24,30H,2,4,8-12,15-16H2,1H3. The summed E-state index contributed by atoms with van der Waals surface area (Å²) in [4.78, 5) is -0.318. The van der Waals surface area contributed by atoms with Gasteiger partial charge >= 0.3 is 6.18 Å². The Balaban J connectivity index is 1.68. The van der Waals surface area contributed by atoms with Crippen molar-refractivity contribution in [3.05, 3.63) is 53.1 Å². The van der Waals surface area contributed by atoms with Gasteiger partial charge in [-0.15, -0.1) is 0 Å². The smallest absolute Gasteiger partial charge is 0.409 e. The predicted octanol–water partition coefficient (Wildman–Crippen LogP) is 4.62. The highest BCUT2D eigenvalue weighted by Crippen LogP contribution is 2.42. The number of alkyl halides is 3. The summed E-state index contributed by atoms with van der Waals surface area (Å²) < 4.78 is 80.9. The second-order valence-corrected chi connectivity index (χ2v) is 10.8. The summed E-state index contributed by atoms with van der Waals surface area (Å²) >= 11 is 0. The van der Waals surface area contributed by atoms with Crippen molar-refractivity contribution < 1.29 is 36.2 Å². The average molecular weight is 514 g/mol. The first kappa shape index (κ1) is 25.8. The van der Waals surface area contributed by atoms with Crippen LogP contribution in [0.15, 0.2) is 41.3 Å². The Morgan fingerprint density at radius 2 is 1.86 bits per heavy atom. The second-order valence-electron chi connectivity index (χ2n) is 9.01. The number of hydrogen-bond acceptors (Lipinski definition) is 5. The third-order valence-electron chi connectivity index (χ3n) is 6.71. The van der Waals surface area contributed by atoms with Crippen molar-refractivity contribution in [2.75, 3.05) is 24.1 Å². The first-order chi connectivity index (χ1) is 16.6. The molecule has 35 heavy (non-hydrogen) atoms. The SMILES string of the molecule is CCc1ccc2c(c1)CCC(C(F)(F)F)N2S(=O)(=O)c1ccc(OCC2CCOCC2)c(CO)c1. The lowest BCUT2D eigenvalue weighted by Crippen LogP contribution is -2.51. The van der Waals surface area contributed by atoms with E-state index < -0.39 is 28.8 Å². The van der Waals surface area contributed by atoms with Crippen molar-refractivity contribution in [3.8, 4) is 5.75 Å². The van der Waals surface area contributed by atoms with E-state index in [9.17, 15) is 26.7 Å². The number of nitrogens with zero attached hydrogens (tertiary/aromatic N) is 1. The van der Waals surface area contributed by atoms with Crippen LogP contribution in [0.2, 0.25) is 0 Å². The van der Waals surface area contributed by atoms with E-state index in [2.05, 4.69) is 0 Å². The Bertz CT molecular complexity index is 1150. The van der Waals surface area contributed by atoms with Crippen molar-refractivity contribution in [1.29, 1.82) is 0 Å². The topological polar surface area (TPSA) is 76.1 Å². The maximum atomic E-state index is 14.0. The number of rotatable bonds is 7. The highest BCUT2D eigenvalue weighted by molar-refractivity contribution is 7.92. The van der Waals surface area contributed by atoms with Crippen LogP contribution >= 0.6 is 0 Å². The van der Waals surface area contributed by atoms with Gasteiger partial charge in [0, 0.05) is 18.8 Å². The van der Waals surface area contributed by atoms with Gasteiger partial charge in [0.05, 0.1) is 23.8 Å². The van der Waals surface area contributed by atoms with Crippen LogP contribution in [0.3, 0.4) is 0 Å². The van der Waals surface area contributed by atoms with E-state index in [1.165, 1.54) is 24.3 Å². The van der Waals surface area contributed by atoms with Gasteiger partial charge < -0.3 is 14.6 Å². The molecule has 0 spiro atoms. The van der Waals surface area contributed by atoms with Crippen molar-refractivity contribution in [2.45, 2.75) is 62.7 Å². The lowest BCUT2D eigenvalue weighted by atomic mass is 9.95. The van der Waals surface area contributed by atoms with Crippen LogP contribution < -0.4 is 9.04 Å². The molecule has 1 atom stereocenters. The van der Waals surface area contributed by atoms with Crippen LogP contribution in [0.4, 0.5) is 18.9 Å². The number of ether oxygens (including phenoxy) is 2. The molecule has 2 aliphatic heterocycles. The number of anilines is 1. The molecule has 1 unspecified atom stereocenters. The summed E-state index contributed by atoms with van der Waals surface area (Å²) in [6.45, 7) is 3.11. The average Bonchev–Trinajstić information content (AvgIpc) is 2.86. The largest absolute Gasteiger partial charge is 0.493 e. The Labute approximate surface area is 203 Å². The number of aliphatic hydroxyl groups is 1. The van der Waals surface area contributed by atoms with Crippen LogP contribution in [0.1, 0.15) is 42.9 Å². The Morgan fingerprint density at radius 1 is 1.11 bits per heavy atom. The molecule has 2 aromatic carbocycles. The molecule has 2 aliphatic rings. The fourth-order valence-electron chi connectivity index (χ4n) is 4.66. The monoisotopic (exact) mass is 513 g/mol. The number of hydrogen-bond donors (Lipinski definition) is 1. The maximum absolute atomic E-state index is 14.0. The van der Waals surface area contributed by atoms with Crippen LogP contribution in [0.5, 0.6) is 5.75 Å². The van der Waals surface area contributed by atoms with Crippen molar-refractivity contribution in [1.82, 2.24) is 0 Å². The van der Waals surface area contributed by atoms with Gasteiger partial charge in [0.2, 0.25) is 0 Å². The molecule has 0 radical (unpaired) electrons. The molecular weight excluding hydrogens is 483 g/mol. The molecule has 1 fully saturated rings. The lowest BCUT2D eigenvalue weighted by Gasteiger charge is -2.38. The minimum absolute atomic E-state index is 0.0427. The van der Waals surface area contributed by atoms with Gasteiger partial charge in [-0.1, -0.05) is 19.1 Å². The molecule has 4 rings (SSSR count). The minimum atomic E-state index is -4.74. The van der Waals surface area contributed by atoms with Crippen molar-refractivity contribution in [2.24, 2.45) is 5.92 Å². The molecule has 192 valence electrons. The van der Waals surface area contributed by atoms with Crippen LogP contribution in [0.25, 0.3) is 0 Å². The first-order valence-corrected chi connectivity index (χ1v) is 13.3. The molecule has 1 saturated heterocycles. The number of aryl methyl sites for hydroxylation is 2. The molecule has 0 aromatic heterocycles. The lowest BCUT2D eigenvalue weighted by molar-refractivity contribution is -0.147. The number of halogens is 3. The molecule has 0 saturated carbocycles. The molecule has 0 bridgehead atoms. The zero-order valence-electron chi connectivity index (χ0n) is 19.6. The fourth-order valence-corrected chi connectivity index (χ4v) is 6.42. The summed E-state index contributed by atoms with van der Waals surface area (Å²) in [7, 11) is -4.58. The Morgan fingerprint density at radius 3 is 2.51 bits per heavy atom. The second kappa shape index (κ2) is 10.4. The molecule has 1 N–H and O–H groups in total. The zero-order valence-corrected chi connectivity index (χ0v) is 20.4. The third-order valence-corrected chi connectivity index (χ3v) is 8.53. The fraction of sp³-hybridized carbons (Fsp3) is 0.520. The number of sulfonamides is 1. The van der Waals surface area contributed by atoms with E-state index in [0.29, 0.717) is 41.9 Å². The van der Waals surface area contributed by atoms with Crippen molar-refractivity contribution >= 4 is 15.7 Å². The Hall–Kier alpha value is -2.30. The van der Waals surface area contributed by atoms with E-state index >= 15 is 0 Å². The van der Waals surface area contributed by atoms with E-state index in [1.54, 1.807) is 12.1 Å². The van der Waals surface area contributed by atoms with Gasteiger partial charge in [0.1, 0.15) is 11.8 Å². The molecule has 2 aromatic rings. The highest BCUT2D eigenvalue weighted by atomic mass is 32.2. The van der Waals surface area contributed by atoms with Gasteiger partial charge in [-0.05, 0) is 73.4 Å². The van der Waals surface area contributed by atoms with Gasteiger partial charge in [-0.2, -0.15) is 13.2 Å². The Kier molecular flexibility index (Phi) is 7.63. The molecule has 6 nitrogen and oxygen atoms in total. The molecule has 2 heterocycles. The van der Waals surface area contributed by atoms with Gasteiger partial charge in [0.15, 0.2) is 0 Å². The summed E-state index contributed by atoms with van der Waals surface area (Å²) in [6, 6.07) is 6.58. The molecular formula is C25H30F3NO5S. The van der Waals surface area contributed by atoms with Crippen LogP contribution in [-0.4, -0.2) is 45.6 Å². The number of aliphatic hydroxyl groups excluding tert-OH is 1. The van der Waals surface area contributed by atoms with E-state index in [0.717, 1.165) is 18.4 Å². The predicted molar refractivity (Wildman–Crippen MR) is 125 cm³/mol. The minimum Gasteiger partial charge on any atom is -0.493 e. The maximum Gasteiger partial charge on any atom is 0.409 e. The first-order valence-electron chi connectivity index (χ1n) is 11.8.